The highest BCUT2D eigenvalue weighted by Gasteiger charge is 2.33. The molecular formula is C15H18O. The van der Waals surface area contributed by atoms with Crippen molar-refractivity contribution in [2.75, 3.05) is 0 Å². The summed E-state index contributed by atoms with van der Waals surface area (Å²) in [6.07, 6.45) is 8.80. The van der Waals surface area contributed by atoms with Gasteiger partial charge in [0.05, 0.1) is 5.60 Å². The third-order valence-corrected chi connectivity index (χ3v) is 3.29. The molecule has 1 N–H and O–H groups in total. The van der Waals surface area contributed by atoms with Crippen LogP contribution in [0.15, 0.2) is 55.1 Å². The number of hydrogen-bond donors (Lipinski definition) is 1. The Balaban J connectivity index is 2.32. The molecule has 1 aromatic carbocycles. The lowest BCUT2D eigenvalue weighted by Gasteiger charge is -2.34. The van der Waals surface area contributed by atoms with Crippen LogP contribution in [-0.4, -0.2) is 10.7 Å². The van der Waals surface area contributed by atoms with Gasteiger partial charge in [0.2, 0.25) is 0 Å². The summed E-state index contributed by atoms with van der Waals surface area (Å²) < 4.78 is 0. The third kappa shape index (κ3) is 2.10. The maximum absolute atomic E-state index is 10.6. The molecule has 1 nitrogen and oxygen atoms in total. The molecule has 0 saturated heterocycles. The summed E-state index contributed by atoms with van der Waals surface area (Å²) in [4.78, 5) is 0. The summed E-state index contributed by atoms with van der Waals surface area (Å²) in [6, 6.07) is 10.1. The molecule has 16 heavy (non-hydrogen) atoms. The number of benzene rings is 1. The van der Waals surface area contributed by atoms with Crippen LogP contribution in [-0.2, 0) is 0 Å². The fraction of sp³-hybridized carbons (Fsp3) is 0.333. The maximum Gasteiger partial charge on any atom is 0.0930 e. The first-order chi connectivity index (χ1) is 7.76. The summed E-state index contributed by atoms with van der Waals surface area (Å²) >= 11 is 0. The van der Waals surface area contributed by atoms with Gasteiger partial charge in [0.25, 0.3) is 0 Å². The Hall–Kier alpha value is -1.34. The van der Waals surface area contributed by atoms with Crippen molar-refractivity contribution in [3.8, 4) is 0 Å². The van der Waals surface area contributed by atoms with Crippen molar-refractivity contribution in [3.63, 3.8) is 0 Å². The van der Waals surface area contributed by atoms with Gasteiger partial charge in [-0.05, 0) is 24.8 Å². The van der Waals surface area contributed by atoms with E-state index in [0.717, 1.165) is 24.8 Å². The van der Waals surface area contributed by atoms with Gasteiger partial charge in [-0.2, -0.15) is 0 Å². The topological polar surface area (TPSA) is 20.2 Å². The minimum Gasteiger partial charge on any atom is -0.385 e. The van der Waals surface area contributed by atoms with Gasteiger partial charge in [0.15, 0.2) is 0 Å². The van der Waals surface area contributed by atoms with Crippen molar-refractivity contribution in [2.45, 2.75) is 30.8 Å². The fourth-order valence-corrected chi connectivity index (χ4v) is 2.42. The molecule has 0 aromatic heterocycles. The van der Waals surface area contributed by atoms with Crippen LogP contribution >= 0.6 is 0 Å². The lowest BCUT2D eigenvalue weighted by molar-refractivity contribution is 0.0601. The zero-order valence-corrected chi connectivity index (χ0v) is 9.47. The van der Waals surface area contributed by atoms with Gasteiger partial charge in [-0.25, -0.2) is 0 Å². The van der Waals surface area contributed by atoms with Crippen LogP contribution in [0.3, 0.4) is 0 Å². The highest BCUT2D eigenvalue weighted by molar-refractivity contribution is 5.30. The second kappa shape index (κ2) is 4.67. The minimum absolute atomic E-state index is 0.00903. The van der Waals surface area contributed by atoms with Crippen molar-refractivity contribution in [1.82, 2.24) is 0 Å². The van der Waals surface area contributed by atoms with Crippen LogP contribution in [0.1, 0.15) is 30.7 Å². The van der Waals surface area contributed by atoms with Crippen LogP contribution in [0, 0.1) is 0 Å². The van der Waals surface area contributed by atoms with Gasteiger partial charge >= 0.3 is 0 Å². The van der Waals surface area contributed by atoms with Gasteiger partial charge in [-0.15, -0.1) is 6.58 Å². The lowest BCUT2D eigenvalue weighted by Crippen LogP contribution is -2.34. The number of rotatable bonds is 3. The van der Waals surface area contributed by atoms with Crippen molar-refractivity contribution >= 4 is 0 Å². The van der Waals surface area contributed by atoms with Crippen molar-refractivity contribution in [1.29, 1.82) is 0 Å². The Morgan fingerprint density at radius 3 is 2.62 bits per heavy atom. The molecule has 0 spiro atoms. The van der Waals surface area contributed by atoms with Gasteiger partial charge in [0, 0.05) is 5.92 Å². The standard InChI is InChI=1S/C15H18O/c1-2-14(13-9-5-3-6-10-13)15(16)11-7-4-8-12-15/h2-3,5-7,9-11,14,16H,1,4,8,12H2/t14-,15+/m1/s1. The van der Waals surface area contributed by atoms with Gasteiger partial charge in [-0.3, -0.25) is 0 Å². The first-order valence-corrected chi connectivity index (χ1v) is 5.84. The molecule has 0 aliphatic heterocycles. The molecule has 2 atom stereocenters. The Bertz CT molecular complexity index is 380. The lowest BCUT2D eigenvalue weighted by atomic mass is 9.76. The average molecular weight is 214 g/mol. The third-order valence-electron chi connectivity index (χ3n) is 3.29. The average Bonchev–Trinajstić information content (AvgIpc) is 2.32. The quantitative estimate of drug-likeness (QED) is 0.764. The van der Waals surface area contributed by atoms with E-state index in [0.29, 0.717) is 0 Å². The normalized spacial score (nSPS) is 26.3. The number of allylic oxidation sites excluding steroid dienone is 1. The first kappa shape index (κ1) is 11.2. The summed E-state index contributed by atoms with van der Waals surface area (Å²) in [7, 11) is 0. The summed E-state index contributed by atoms with van der Waals surface area (Å²) in [5, 5.41) is 10.6. The first-order valence-electron chi connectivity index (χ1n) is 5.84. The van der Waals surface area contributed by atoms with Gasteiger partial charge < -0.3 is 5.11 Å². The SMILES string of the molecule is C=C[C@H](c1ccccc1)[C@]1(O)C=CCCC1. The predicted octanol–water partition coefficient (Wildman–Crippen LogP) is 3.43. The molecular weight excluding hydrogens is 196 g/mol. The summed E-state index contributed by atoms with van der Waals surface area (Å²) in [6.45, 7) is 3.86. The molecule has 0 heterocycles. The Kier molecular flexibility index (Phi) is 3.25. The van der Waals surface area contributed by atoms with Crippen LogP contribution in [0.5, 0.6) is 0 Å². The molecule has 0 amide bonds. The predicted molar refractivity (Wildman–Crippen MR) is 67.3 cm³/mol. The molecule has 0 fully saturated rings. The van der Waals surface area contributed by atoms with Crippen LogP contribution < -0.4 is 0 Å². The van der Waals surface area contributed by atoms with Crippen molar-refractivity contribution < 1.29 is 5.11 Å². The van der Waals surface area contributed by atoms with E-state index in [2.05, 4.69) is 12.7 Å². The Morgan fingerprint density at radius 2 is 2.06 bits per heavy atom. The summed E-state index contributed by atoms with van der Waals surface area (Å²) in [5.41, 5.74) is 0.382. The highest BCUT2D eigenvalue weighted by atomic mass is 16.3. The van der Waals surface area contributed by atoms with Gasteiger partial charge in [-0.1, -0.05) is 48.6 Å². The van der Waals surface area contributed by atoms with E-state index >= 15 is 0 Å². The molecule has 1 heteroatoms. The Morgan fingerprint density at radius 1 is 1.31 bits per heavy atom. The zero-order chi connectivity index (χ0) is 11.4. The van der Waals surface area contributed by atoms with Crippen molar-refractivity contribution in [3.05, 3.63) is 60.7 Å². The molecule has 0 unspecified atom stereocenters. The van der Waals surface area contributed by atoms with E-state index in [1.165, 1.54) is 0 Å². The molecule has 84 valence electrons. The highest BCUT2D eigenvalue weighted by Crippen LogP contribution is 2.36. The molecule has 0 saturated carbocycles. The maximum atomic E-state index is 10.6. The molecule has 1 aliphatic carbocycles. The van der Waals surface area contributed by atoms with Crippen molar-refractivity contribution in [2.24, 2.45) is 0 Å². The largest absolute Gasteiger partial charge is 0.385 e. The molecule has 2 rings (SSSR count). The summed E-state index contributed by atoms with van der Waals surface area (Å²) in [5.74, 6) is -0.00903. The van der Waals surface area contributed by atoms with E-state index in [4.69, 9.17) is 0 Å². The second-order valence-corrected chi connectivity index (χ2v) is 4.41. The van der Waals surface area contributed by atoms with E-state index < -0.39 is 5.60 Å². The molecule has 1 aromatic rings. The van der Waals surface area contributed by atoms with Crippen LogP contribution in [0.2, 0.25) is 0 Å². The van der Waals surface area contributed by atoms with E-state index in [9.17, 15) is 5.11 Å². The number of hydrogen-bond acceptors (Lipinski definition) is 1. The smallest absolute Gasteiger partial charge is 0.0930 e. The van der Waals surface area contributed by atoms with Crippen LogP contribution in [0.25, 0.3) is 0 Å². The zero-order valence-electron chi connectivity index (χ0n) is 9.47. The van der Waals surface area contributed by atoms with Gasteiger partial charge in [0.1, 0.15) is 0 Å². The molecule has 0 radical (unpaired) electrons. The van der Waals surface area contributed by atoms with E-state index in [1.807, 2.05) is 42.5 Å². The molecule has 0 bridgehead atoms. The molecule has 1 aliphatic rings. The number of aliphatic hydroxyl groups is 1. The fourth-order valence-electron chi connectivity index (χ4n) is 2.42. The van der Waals surface area contributed by atoms with Crippen LogP contribution in [0.4, 0.5) is 0 Å². The second-order valence-electron chi connectivity index (χ2n) is 4.41. The van der Waals surface area contributed by atoms with E-state index in [1.54, 1.807) is 0 Å². The Labute approximate surface area is 97.1 Å². The van der Waals surface area contributed by atoms with E-state index in [-0.39, 0.29) is 5.92 Å². The monoisotopic (exact) mass is 214 g/mol. The minimum atomic E-state index is -0.749.